The van der Waals surface area contributed by atoms with Crippen molar-refractivity contribution in [3.63, 3.8) is 0 Å². The number of para-hydroxylation sites is 1. The quantitative estimate of drug-likeness (QED) is 0.704. The van der Waals surface area contributed by atoms with Gasteiger partial charge in [-0.05, 0) is 23.6 Å². The fourth-order valence-corrected chi connectivity index (χ4v) is 4.07. The second-order valence-electron chi connectivity index (χ2n) is 4.51. The maximum atomic E-state index is 11.9. The van der Waals surface area contributed by atoms with Gasteiger partial charge in [0.2, 0.25) is 10.0 Å². The maximum Gasteiger partial charge on any atom is 0.250 e. The van der Waals surface area contributed by atoms with Crippen LogP contribution in [0.1, 0.15) is 0 Å². The van der Waals surface area contributed by atoms with Crippen LogP contribution in [0.2, 0.25) is 0 Å². The molecule has 1 aromatic carbocycles. The van der Waals surface area contributed by atoms with E-state index in [1.807, 2.05) is 30.3 Å². The molecule has 5 nitrogen and oxygen atoms in total. The van der Waals surface area contributed by atoms with Crippen LogP contribution in [-0.4, -0.2) is 26.6 Å². The monoisotopic (exact) mass is 334 g/mol. The highest BCUT2D eigenvalue weighted by atomic mass is 32.2. The molecule has 114 valence electrons. The Hall–Kier alpha value is -1.96. The van der Waals surface area contributed by atoms with Crippen LogP contribution in [0, 0.1) is 0 Å². The van der Waals surface area contributed by atoms with Crippen molar-refractivity contribution in [2.45, 2.75) is 4.21 Å². The lowest BCUT2D eigenvalue weighted by molar-refractivity contribution is 0.326. The number of hydrogen-bond acceptors (Lipinski definition) is 5. The molecule has 0 aliphatic heterocycles. The Balaban J connectivity index is 1.61. The lowest BCUT2D eigenvalue weighted by Gasteiger charge is -2.09. The van der Waals surface area contributed by atoms with Gasteiger partial charge in [0.1, 0.15) is 22.1 Å². The van der Waals surface area contributed by atoms with Crippen LogP contribution in [0.4, 0.5) is 0 Å². The number of rotatable bonds is 6. The number of nitrogens with one attached hydrogen (secondary N) is 1. The molecule has 0 aliphatic carbocycles. The van der Waals surface area contributed by atoms with E-state index >= 15 is 0 Å². The molecule has 0 amide bonds. The lowest BCUT2D eigenvalue weighted by Crippen LogP contribution is -2.27. The summed E-state index contributed by atoms with van der Waals surface area (Å²) in [6.07, 6.45) is 1.70. The number of hydrogen-bond donors (Lipinski definition) is 1. The third-order valence-electron chi connectivity index (χ3n) is 3.01. The third-order valence-corrected chi connectivity index (χ3v) is 5.87. The van der Waals surface area contributed by atoms with Crippen LogP contribution in [0.5, 0.6) is 5.75 Å². The molecular formula is C15H14N2O3S2. The van der Waals surface area contributed by atoms with Crippen molar-refractivity contribution in [2.75, 3.05) is 13.2 Å². The van der Waals surface area contributed by atoms with E-state index < -0.39 is 10.0 Å². The second kappa shape index (κ2) is 6.43. The number of nitrogens with zero attached hydrogens (tertiary/aromatic N) is 1. The molecule has 22 heavy (non-hydrogen) atoms. The molecule has 3 aromatic rings. The van der Waals surface area contributed by atoms with Gasteiger partial charge in [0.05, 0.1) is 0 Å². The highest BCUT2D eigenvalue weighted by molar-refractivity contribution is 7.91. The standard InChI is InChI=1S/C15H14N2O3S2/c18-22(19,14-7-3-11-21-14)17-9-10-20-13-6-1-4-12-5-2-8-16-15(12)13/h1-8,11,17H,9-10H2. The van der Waals surface area contributed by atoms with Crippen molar-refractivity contribution < 1.29 is 13.2 Å². The van der Waals surface area contributed by atoms with Gasteiger partial charge in [-0.3, -0.25) is 4.98 Å². The molecule has 0 bridgehead atoms. The van der Waals surface area contributed by atoms with E-state index in [9.17, 15) is 8.42 Å². The van der Waals surface area contributed by atoms with Gasteiger partial charge < -0.3 is 4.74 Å². The number of aromatic nitrogens is 1. The number of ether oxygens (including phenoxy) is 1. The fraction of sp³-hybridized carbons (Fsp3) is 0.133. The molecule has 0 aliphatic rings. The highest BCUT2D eigenvalue weighted by Gasteiger charge is 2.14. The first-order valence-corrected chi connectivity index (χ1v) is 9.03. The predicted molar refractivity (Wildman–Crippen MR) is 86.7 cm³/mol. The summed E-state index contributed by atoms with van der Waals surface area (Å²) in [5.74, 6) is 0.647. The molecule has 2 aromatic heterocycles. The van der Waals surface area contributed by atoms with Gasteiger partial charge in [-0.25, -0.2) is 13.1 Å². The van der Waals surface area contributed by atoms with Crippen molar-refractivity contribution in [1.29, 1.82) is 0 Å². The Bertz CT molecular complexity index is 856. The van der Waals surface area contributed by atoms with Gasteiger partial charge in [0, 0.05) is 18.1 Å². The smallest absolute Gasteiger partial charge is 0.250 e. The zero-order valence-electron chi connectivity index (χ0n) is 11.6. The Labute approximate surface area is 132 Å². The summed E-state index contributed by atoms with van der Waals surface area (Å²) < 4.78 is 32.4. The van der Waals surface area contributed by atoms with Crippen LogP contribution in [-0.2, 0) is 10.0 Å². The zero-order valence-corrected chi connectivity index (χ0v) is 13.2. The van der Waals surface area contributed by atoms with Gasteiger partial charge in [-0.2, -0.15) is 0 Å². The number of fused-ring (bicyclic) bond motifs is 1. The van der Waals surface area contributed by atoms with E-state index in [0.29, 0.717) is 9.96 Å². The van der Waals surface area contributed by atoms with Crippen molar-refractivity contribution >= 4 is 32.3 Å². The highest BCUT2D eigenvalue weighted by Crippen LogP contribution is 2.22. The second-order valence-corrected chi connectivity index (χ2v) is 7.45. The average molecular weight is 334 g/mol. The van der Waals surface area contributed by atoms with Gasteiger partial charge >= 0.3 is 0 Å². The third kappa shape index (κ3) is 3.27. The minimum Gasteiger partial charge on any atom is -0.490 e. The largest absolute Gasteiger partial charge is 0.490 e. The molecule has 2 heterocycles. The van der Waals surface area contributed by atoms with Gasteiger partial charge in [-0.15, -0.1) is 11.3 Å². The van der Waals surface area contributed by atoms with Crippen molar-refractivity contribution in [3.05, 3.63) is 54.0 Å². The molecule has 1 N–H and O–H groups in total. The molecule has 7 heteroatoms. The summed E-state index contributed by atoms with van der Waals surface area (Å²) in [5.41, 5.74) is 0.770. The average Bonchev–Trinajstić information content (AvgIpc) is 3.07. The molecule has 3 rings (SSSR count). The summed E-state index contributed by atoms with van der Waals surface area (Å²) in [4.78, 5) is 4.29. The van der Waals surface area contributed by atoms with E-state index in [1.165, 1.54) is 11.3 Å². The van der Waals surface area contributed by atoms with Crippen molar-refractivity contribution in [1.82, 2.24) is 9.71 Å². The Morgan fingerprint density at radius 1 is 1.14 bits per heavy atom. The Morgan fingerprint density at radius 3 is 2.82 bits per heavy atom. The number of pyridine rings is 1. The van der Waals surface area contributed by atoms with Crippen LogP contribution in [0.3, 0.4) is 0 Å². The van der Waals surface area contributed by atoms with Crippen LogP contribution >= 0.6 is 11.3 Å². The topological polar surface area (TPSA) is 68.3 Å². The Morgan fingerprint density at radius 2 is 2.00 bits per heavy atom. The number of thiophene rings is 1. The van der Waals surface area contributed by atoms with E-state index in [1.54, 1.807) is 23.7 Å². The molecule has 0 fully saturated rings. The Kier molecular flexibility index (Phi) is 4.37. The van der Waals surface area contributed by atoms with E-state index in [4.69, 9.17) is 4.74 Å². The van der Waals surface area contributed by atoms with Crippen LogP contribution in [0.25, 0.3) is 10.9 Å². The summed E-state index contributed by atoms with van der Waals surface area (Å²) in [7, 11) is -3.44. The SMILES string of the molecule is O=S(=O)(NCCOc1cccc2cccnc12)c1cccs1. The molecule has 0 unspecified atom stereocenters. The summed E-state index contributed by atoms with van der Waals surface area (Å²) in [6.45, 7) is 0.434. The van der Waals surface area contributed by atoms with Crippen LogP contribution < -0.4 is 9.46 Å². The van der Waals surface area contributed by atoms with Crippen molar-refractivity contribution in [3.8, 4) is 5.75 Å². The minimum absolute atomic E-state index is 0.198. The first-order chi connectivity index (χ1) is 10.7. The first kappa shape index (κ1) is 15.0. The van der Waals surface area contributed by atoms with Crippen molar-refractivity contribution in [2.24, 2.45) is 0 Å². The lowest BCUT2D eigenvalue weighted by atomic mass is 10.2. The van der Waals surface area contributed by atoms with Gasteiger partial charge in [-0.1, -0.05) is 24.3 Å². The molecule has 0 saturated heterocycles. The van der Waals surface area contributed by atoms with Gasteiger partial charge in [0.15, 0.2) is 0 Å². The molecule has 0 spiro atoms. The first-order valence-electron chi connectivity index (χ1n) is 6.66. The van der Waals surface area contributed by atoms with E-state index in [0.717, 1.165) is 10.9 Å². The summed E-state index contributed by atoms with van der Waals surface area (Å²) in [6, 6.07) is 12.8. The molecule has 0 atom stereocenters. The minimum atomic E-state index is -3.44. The maximum absolute atomic E-state index is 11.9. The number of benzene rings is 1. The normalized spacial score (nSPS) is 11.6. The fourth-order valence-electron chi connectivity index (χ4n) is 2.02. The molecular weight excluding hydrogens is 320 g/mol. The van der Waals surface area contributed by atoms with E-state index in [-0.39, 0.29) is 13.2 Å². The predicted octanol–water partition coefficient (Wildman–Crippen LogP) is 2.65. The molecule has 0 radical (unpaired) electrons. The summed E-state index contributed by atoms with van der Waals surface area (Å²) in [5, 5.41) is 2.71. The van der Waals surface area contributed by atoms with Gasteiger partial charge in [0.25, 0.3) is 0 Å². The zero-order chi connectivity index (χ0) is 15.4. The summed E-state index contributed by atoms with van der Waals surface area (Å²) >= 11 is 1.18. The number of sulfonamides is 1. The molecule has 0 saturated carbocycles. The van der Waals surface area contributed by atoms with E-state index in [2.05, 4.69) is 9.71 Å². The van der Waals surface area contributed by atoms with Crippen LogP contribution in [0.15, 0.2) is 58.3 Å².